The molecule has 180 valence electrons. The lowest BCUT2D eigenvalue weighted by Gasteiger charge is -2.31. The zero-order valence-corrected chi connectivity index (χ0v) is 19.3. The number of carbonyl (C=O) groups excluding carboxylic acids is 1. The van der Waals surface area contributed by atoms with Gasteiger partial charge in [-0.15, -0.1) is 0 Å². The zero-order chi connectivity index (χ0) is 23.3. The van der Waals surface area contributed by atoms with E-state index in [1.807, 2.05) is 29.2 Å². The van der Waals surface area contributed by atoms with Crippen molar-refractivity contribution in [3.05, 3.63) is 41.9 Å². The van der Waals surface area contributed by atoms with Crippen molar-refractivity contribution in [1.29, 1.82) is 0 Å². The first-order valence-electron chi connectivity index (χ1n) is 11.9. The molecule has 1 unspecified atom stereocenters. The Labute approximate surface area is 197 Å². The lowest BCUT2D eigenvalue weighted by molar-refractivity contribution is -0.132. The zero-order valence-electron chi connectivity index (χ0n) is 19.3. The molecule has 10 nitrogen and oxygen atoms in total. The molecule has 34 heavy (non-hydrogen) atoms. The number of hydrogen-bond acceptors (Lipinski definition) is 9. The third-order valence-electron chi connectivity index (χ3n) is 6.54. The number of nitrogens with zero attached hydrogens (tertiary/aromatic N) is 5. The van der Waals surface area contributed by atoms with Crippen LogP contribution in [0.15, 0.2) is 33.3 Å². The van der Waals surface area contributed by atoms with Crippen LogP contribution in [0, 0.1) is 0 Å². The predicted octanol–water partition coefficient (Wildman–Crippen LogP) is 3.36. The van der Waals surface area contributed by atoms with Crippen molar-refractivity contribution in [3.63, 3.8) is 0 Å². The SMILES string of the molecule is COc1ccccc1-c1noc(CCC(=O)N2CCCC(c3nc(C4CCOCC4)no3)C2)n1. The van der Waals surface area contributed by atoms with Gasteiger partial charge >= 0.3 is 0 Å². The minimum absolute atomic E-state index is 0.0610. The second-order valence-corrected chi connectivity index (χ2v) is 8.77. The van der Waals surface area contributed by atoms with Crippen molar-refractivity contribution in [2.75, 3.05) is 33.4 Å². The third-order valence-corrected chi connectivity index (χ3v) is 6.54. The number of carbonyl (C=O) groups is 1. The van der Waals surface area contributed by atoms with E-state index in [1.54, 1.807) is 7.11 Å². The number of methoxy groups -OCH3 is 1. The molecular formula is C24H29N5O5. The first kappa shape index (κ1) is 22.5. The molecule has 2 aromatic heterocycles. The summed E-state index contributed by atoms with van der Waals surface area (Å²) in [5, 5.41) is 8.27. The highest BCUT2D eigenvalue weighted by atomic mass is 16.5. The number of benzene rings is 1. The van der Waals surface area contributed by atoms with Crippen LogP contribution in [-0.4, -0.2) is 64.5 Å². The quantitative estimate of drug-likeness (QED) is 0.515. The van der Waals surface area contributed by atoms with Crippen LogP contribution in [0.2, 0.25) is 0 Å². The molecule has 0 N–H and O–H groups in total. The molecule has 3 aromatic rings. The normalized spacial score (nSPS) is 19.3. The summed E-state index contributed by atoms with van der Waals surface area (Å²) in [4.78, 5) is 23.9. The van der Waals surface area contributed by atoms with Crippen LogP contribution in [0.3, 0.4) is 0 Å². The Kier molecular flexibility index (Phi) is 6.84. The number of rotatable bonds is 7. The van der Waals surface area contributed by atoms with E-state index in [-0.39, 0.29) is 11.8 Å². The Morgan fingerprint density at radius 3 is 2.79 bits per heavy atom. The molecule has 0 saturated carbocycles. The van der Waals surface area contributed by atoms with Gasteiger partial charge in [-0.2, -0.15) is 9.97 Å². The molecule has 0 bridgehead atoms. The number of aryl methyl sites for hydroxylation is 1. The summed E-state index contributed by atoms with van der Waals surface area (Å²) >= 11 is 0. The van der Waals surface area contributed by atoms with E-state index in [2.05, 4.69) is 20.3 Å². The highest BCUT2D eigenvalue weighted by molar-refractivity contribution is 5.76. The van der Waals surface area contributed by atoms with Gasteiger partial charge < -0.3 is 23.4 Å². The van der Waals surface area contributed by atoms with E-state index in [4.69, 9.17) is 18.5 Å². The highest BCUT2D eigenvalue weighted by Crippen LogP contribution is 2.30. The number of para-hydroxylation sites is 1. The predicted molar refractivity (Wildman–Crippen MR) is 120 cm³/mol. The summed E-state index contributed by atoms with van der Waals surface area (Å²) in [7, 11) is 1.60. The Morgan fingerprint density at radius 1 is 1.09 bits per heavy atom. The van der Waals surface area contributed by atoms with E-state index in [0.717, 1.165) is 56.8 Å². The maximum absolute atomic E-state index is 12.9. The largest absolute Gasteiger partial charge is 0.496 e. The second-order valence-electron chi connectivity index (χ2n) is 8.77. The van der Waals surface area contributed by atoms with E-state index in [1.165, 1.54) is 0 Å². The Balaban J connectivity index is 1.17. The fourth-order valence-corrected chi connectivity index (χ4v) is 4.61. The van der Waals surface area contributed by atoms with Gasteiger partial charge in [0.15, 0.2) is 5.82 Å². The fraction of sp³-hybridized carbons (Fsp3) is 0.542. The molecule has 10 heteroatoms. The molecule has 0 radical (unpaired) electrons. The van der Waals surface area contributed by atoms with Gasteiger partial charge in [0, 0.05) is 45.1 Å². The molecule has 2 aliphatic rings. The molecule has 2 fully saturated rings. The monoisotopic (exact) mass is 467 g/mol. The first-order valence-corrected chi connectivity index (χ1v) is 11.9. The molecule has 0 aliphatic carbocycles. The Bertz CT molecular complexity index is 1110. The minimum atomic E-state index is 0.0610. The van der Waals surface area contributed by atoms with Crippen LogP contribution in [-0.2, 0) is 16.0 Å². The molecule has 2 saturated heterocycles. The van der Waals surface area contributed by atoms with Crippen LogP contribution < -0.4 is 4.74 Å². The van der Waals surface area contributed by atoms with E-state index < -0.39 is 0 Å². The maximum atomic E-state index is 12.9. The molecule has 4 heterocycles. The van der Waals surface area contributed by atoms with Crippen LogP contribution in [0.1, 0.15) is 61.5 Å². The van der Waals surface area contributed by atoms with Gasteiger partial charge in [-0.1, -0.05) is 22.4 Å². The van der Waals surface area contributed by atoms with E-state index in [0.29, 0.717) is 48.7 Å². The van der Waals surface area contributed by atoms with E-state index >= 15 is 0 Å². The molecule has 2 aliphatic heterocycles. The number of aromatic nitrogens is 4. The highest BCUT2D eigenvalue weighted by Gasteiger charge is 2.30. The molecule has 0 spiro atoms. The lowest BCUT2D eigenvalue weighted by Crippen LogP contribution is -2.39. The van der Waals surface area contributed by atoms with Crippen molar-refractivity contribution in [3.8, 4) is 17.1 Å². The van der Waals surface area contributed by atoms with Crippen molar-refractivity contribution in [2.24, 2.45) is 0 Å². The number of amides is 1. The molecule has 1 aromatic carbocycles. The molecule has 1 amide bonds. The number of piperidine rings is 1. The van der Waals surface area contributed by atoms with Gasteiger partial charge in [0.1, 0.15) is 5.75 Å². The summed E-state index contributed by atoms with van der Waals surface area (Å²) in [5.74, 6) is 3.39. The number of ether oxygens (including phenoxy) is 2. The number of likely N-dealkylation sites (tertiary alicyclic amines) is 1. The summed E-state index contributed by atoms with van der Waals surface area (Å²) < 4.78 is 21.8. The fourth-order valence-electron chi connectivity index (χ4n) is 4.61. The lowest BCUT2D eigenvalue weighted by atomic mass is 9.97. The standard InChI is InChI=1S/C24H29N5O5/c1-31-19-7-3-2-6-18(19)23-25-20(33-28-23)8-9-21(30)29-12-4-5-17(15-29)24-26-22(27-34-24)16-10-13-32-14-11-16/h2-3,6-7,16-17H,4-5,8-15H2,1H3. The maximum Gasteiger partial charge on any atom is 0.231 e. The Hall–Kier alpha value is -3.27. The van der Waals surface area contributed by atoms with Crippen molar-refractivity contribution < 1.29 is 23.3 Å². The minimum Gasteiger partial charge on any atom is -0.496 e. The molecular weight excluding hydrogens is 438 g/mol. The van der Waals surface area contributed by atoms with Gasteiger partial charge in [0.2, 0.25) is 23.5 Å². The van der Waals surface area contributed by atoms with Crippen LogP contribution >= 0.6 is 0 Å². The van der Waals surface area contributed by atoms with Crippen molar-refractivity contribution in [1.82, 2.24) is 25.2 Å². The molecule has 5 rings (SSSR count). The average Bonchev–Trinajstić information content (AvgIpc) is 3.58. The average molecular weight is 468 g/mol. The summed E-state index contributed by atoms with van der Waals surface area (Å²) in [5.41, 5.74) is 0.755. The Morgan fingerprint density at radius 2 is 1.94 bits per heavy atom. The van der Waals surface area contributed by atoms with Crippen LogP contribution in [0.5, 0.6) is 5.75 Å². The first-order chi connectivity index (χ1) is 16.7. The summed E-state index contributed by atoms with van der Waals surface area (Å²) in [6.07, 6.45) is 4.37. The van der Waals surface area contributed by atoms with Crippen LogP contribution in [0.25, 0.3) is 11.4 Å². The van der Waals surface area contributed by atoms with Crippen molar-refractivity contribution >= 4 is 5.91 Å². The van der Waals surface area contributed by atoms with Gasteiger partial charge in [0.25, 0.3) is 0 Å². The summed E-state index contributed by atoms with van der Waals surface area (Å²) in [6.45, 7) is 2.79. The van der Waals surface area contributed by atoms with E-state index in [9.17, 15) is 4.79 Å². The summed E-state index contributed by atoms with van der Waals surface area (Å²) in [6, 6.07) is 7.49. The van der Waals surface area contributed by atoms with Gasteiger partial charge in [-0.05, 0) is 37.8 Å². The van der Waals surface area contributed by atoms with Gasteiger partial charge in [-0.3, -0.25) is 4.79 Å². The second kappa shape index (κ2) is 10.3. The smallest absolute Gasteiger partial charge is 0.231 e. The molecule has 1 atom stereocenters. The van der Waals surface area contributed by atoms with Gasteiger partial charge in [-0.25, -0.2) is 0 Å². The van der Waals surface area contributed by atoms with Crippen LogP contribution in [0.4, 0.5) is 0 Å². The van der Waals surface area contributed by atoms with Gasteiger partial charge in [0.05, 0.1) is 18.6 Å². The number of hydrogen-bond donors (Lipinski definition) is 0. The topological polar surface area (TPSA) is 117 Å². The third kappa shape index (κ3) is 4.96. The van der Waals surface area contributed by atoms with Crippen molar-refractivity contribution in [2.45, 2.75) is 50.4 Å².